The number of pyridine rings is 1. The summed E-state index contributed by atoms with van der Waals surface area (Å²) in [6.07, 6.45) is 2.46. The Morgan fingerprint density at radius 2 is 1.94 bits per heavy atom. The minimum absolute atomic E-state index is 0.333. The van der Waals surface area contributed by atoms with Crippen LogP contribution in [0.15, 0.2) is 58.9 Å². The van der Waals surface area contributed by atoms with Crippen molar-refractivity contribution in [3.05, 3.63) is 71.3 Å². The Balaban J connectivity index is 1.31. The zero-order valence-corrected chi connectivity index (χ0v) is 20.1. The molecule has 4 aromatic rings. The van der Waals surface area contributed by atoms with Gasteiger partial charge < -0.3 is 19.4 Å². The van der Waals surface area contributed by atoms with Gasteiger partial charge >= 0.3 is 6.01 Å². The first-order valence-electron chi connectivity index (χ1n) is 11.9. The van der Waals surface area contributed by atoms with Crippen molar-refractivity contribution >= 4 is 22.4 Å². The van der Waals surface area contributed by atoms with Gasteiger partial charge in [-0.05, 0) is 49.7 Å². The molecule has 180 valence electrons. The Bertz CT molecular complexity index is 1310. The molecule has 1 fully saturated rings. The van der Waals surface area contributed by atoms with Crippen LogP contribution in [0.25, 0.3) is 10.9 Å². The quantitative estimate of drug-likeness (QED) is 0.374. The van der Waals surface area contributed by atoms with E-state index in [0.29, 0.717) is 38.8 Å². The summed E-state index contributed by atoms with van der Waals surface area (Å²) in [5.41, 5.74) is 6.05. The van der Waals surface area contributed by atoms with E-state index in [4.69, 9.17) is 9.47 Å². The SMILES string of the molecule is Cc1[nH]c2ccc(N=NCc3cc(N4CCOCC4)nc(OCCc4ccccn4)n3)cc2c1C. The molecular formula is C26H29N7O2. The summed E-state index contributed by atoms with van der Waals surface area (Å²) in [7, 11) is 0. The Kier molecular flexibility index (Phi) is 6.94. The van der Waals surface area contributed by atoms with Crippen molar-refractivity contribution in [1.29, 1.82) is 0 Å². The van der Waals surface area contributed by atoms with E-state index in [1.165, 1.54) is 16.6 Å². The number of rotatable bonds is 8. The smallest absolute Gasteiger partial charge is 0.318 e. The molecule has 0 bridgehead atoms. The lowest BCUT2D eigenvalue weighted by Crippen LogP contribution is -2.37. The molecule has 3 aromatic heterocycles. The lowest BCUT2D eigenvalue weighted by molar-refractivity contribution is 0.122. The normalized spacial score (nSPS) is 14.2. The second-order valence-corrected chi connectivity index (χ2v) is 8.52. The lowest BCUT2D eigenvalue weighted by atomic mass is 10.1. The van der Waals surface area contributed by atoms with Gasteiger partial charge in [0.1, 0.15) is 12.4 Å². The number of azo groups is 1. The van der Waals surface area contributed by atoms with Crippen LogP contribution >= 0.6 is 0 Å². The molecule has 1 aliphatic heterocycles. The second-order valence-electron chi connectivity index (χ2n) is 8.52. The maximum Gasteiger partial charge on any atom is 0.318 e. The molecule has 0 amide bonds. The number of fused-ring (bicyclic) bond motifs is 1. The highest BCUT2D eigenvalue weighted by Gasteiger charge is 2.16. The van der Waals surface area contributed by atoms with Crippen molar-refractivity contribution < 1.29 is 9.47 Å². The van der Waals surface area contributed by atoms with Crippen molar-refractivity contribution in [1.82, 2.24) is 19.9 Å². The standard InChI is InChI=1S/C26H29N7O2/c1-18-19(2)29-24-7-6-21(15-23(18)24)32-28-17-22-16-25(33-10-13-34-14-11-33)31-26(30-22)35-12-8-20-5-3-4-9-27-20/h3-7,9,15-16,29H,8,10-14,17H2,1-2H3. The number of nitrogens with zero attached hydrogens (tertiary/aromatic N) is 6. The Labute approximate surface area is 204 Å². The highest BCUT2D eigenvalue weighted by molar-refractivity contribution is 5.86. The summed E-state index contributed by atoms with van der Waals surface area (Å²) < 4.78 is 11.4. The topological polar surface area (TPSA) is 101 Å². The van der Waals surface area contributed by atoms with Gasteiger partial charge in [-0.2, -0.15) is 20.2 Å². The van der Waals surface area contributed by atoms with Gasteiger partial charge in [0, 0.05) is 54.1 Å². The van der Waals surface area contributed by atoms with Crippen LogP contribution in [0, 0.1) is 13.8 Å². The maximum absolute atomic E-state index is 5.91. The number of ether oxygens (including phenoxy) is 2. The van der Waals surface area contributed by atoms with Crippen LogP contribution in [0.2, 0.25) is 0 Å². The number of morpholine rings is 1. The van der Waals surface area contributed by atoms with Gasteiger partial charge in [-0.3, -0.25) is 4.98 Å². The van der Waals surface area contributed by atoms with E-state index in [-0.39, 0.29) is 0 Å². The van der Waals surface area contributed by atoms with Gasteiger partial charge in [0.15, 0.2) is 0 Å². The van der Waals surface area contributed by atoms with E-state index in [2.05, 4.69) is 55.0 Å². The van der Waals surface area contributed by atoms with Crippen LogP contribution in [-0.2, 0) is 17.7 Å². The summed E-state index contributed by atoms with van der Waals surface area (Å²) in [4.78, 5) is 19.1. The molecule has 35 heavy (non-hydrogen) atoms. The van der Waals surface area contributed by atoms with Crippen LogP contribution in [-0.4, -0.2) is 52.8 Å². The summed E-state index contributed by atoms with van der Waals surface area (Å²) in [6, 6.07) is 14.2. The van der Waals surface area contributed by atoms with Crippen molar-refractivity contribution in [2.24, 2.45) is 10.2 Å². The van der Waals surface area contributed by atoms with Crippen LogP contribution < -0.4 is 9.64 Å². The van der Waals surface area contributed by atoms with Gasteiger partial charge in [-0.1, -0.05) is 6.07 Å². The fourth-order valence-corrected chi connectivity index (χ4v) is 4.05. The molecule has 0 radical (unpaired) electrons. The number of anilines is 1. The van der Waals surface area contributed by atoms with E-state index in [1.54, 1.807) is 6.20 Å². The van der Waals surface area contributed by atoms with Crippen LogP contribution in [0.1, 0.15) is 22.6 Å². The molecule has 0 saturated carbocycles. The van der Waals surface area contributed by atoms with Gasteiger partial charge in [-0.15, -0.1) is 0 Å². The molecular weight excluding hydrogens is 442 g/mol. The third-order valence-electron chi connectivity index (χ3n) is 6.11. The number of aryl methyl sites for hydroxylation is 2. The number of benzene rings is 1. The molecule has 1 saturated heterocycles. The number of nitrogens with one attached hydrogen (secondary N) is 1. The van der Waals surface area contributed by atoms with Crippen LogP contribution in [0.3, 0.4) is 0 Å². The molecule has 1 aromatic carbocycles. The predicted octanol–water partition coefficient (Wildman–Crippen LogP) is 4.71. The minimum Gasteiger partial charge on any atom is -0.463 e. The van der Waals surface area contributed by atoms with Crippen LogP contribution in [0.5, 0.6) is 6.01 Å². The molecule has 1 aliphatic rings. The number of hydrogen-bond donors (Lipinski definition) is 1. The molecule has 9 nitrogen and oxygen atoms in total. The van der Waals surface area contributed by atoms with E-state index >= 15 is 0 Å². The predicted molar refractivity (Wildman–Crippen MR) is 134 cm³/mol. The van der Waals surface area contributed by atoms with Gasteiger partial charge in [-0.25, -0.2) is 0 Å². The molecule has 4 heterocycles. The third-order valence-corrected chi connectivity index (χ3v) is 6.11. The molecule has 9 heteroatoms. The van der Waals surface area contributed by atoms with E-state index in [1.807, 2.05) is 36.4 Å². The Hall–Kier alpha value is -3.85. The fourth-order valence-electron chi connectivity index (χ4n) is 4.05. The second kappa shape index (κ2) is 10.6. The van der Waals surface area contributed by atoms with Crippen LogP contribution in [0.4, 0.5) is 11.5 Å². The molecule has 5 rings (SSSR count). The largest absolute Gasteiger partial charge is 0.463 e. The first-order valence-corrected chi connectivity index (χ1v) is 11.9. The zero-order valence-electron chi connectivity index (χ0n) is 20.1. The lowest BCUT2D eigenvalue weighted by Gasteiger charge is -2.28. The third kappa shape index (κ3) is 5.63. The number of H-pyrrole nitrogens is 1. The summed E-state index contributed by atoms with van der Waals surface area (Å²) >= 11 is 0. The highest BCUT2D eigenvalue weighted by Crippen LogP contribution is 2.26. The number of aromatic amines is 1. The Morgan fingerprint density at radius 3 is 2.77 bits per heavy atom. The summed E-state index contributed by atoms with van der Waals surface area (Å²) in [5.74, 6) is 0.821. The van der Waals surface area contributed by atoms with Gasteiger partial charge in [0.05, 0.1) is 31.2 Å². The maximum atomic E-state index is 5.91. The average molecular weight is 472 g/mol. The Morgan fingerprint density at radius 1 is 1.06 bits per heavy atom. The van der Waals surface area contributed by atoms with Crippen molar-refractivity contribution in [3.8, 4) is 6.01 Å². The first kappa shape index (κ1) is 22.9. The zero-order chi connectivity index (χ0) is 24.0. The van der Waals surface area contributed by atoms with Crippen molar-refractivity contribution in [2.45, 2.75) is 26.8 Å². The number of hydrogen-bond acceptors (Lipinski definition) is 8. The highest BCUT2D eigenvalue weighted by atomic mass is 16.5. The number of aromatic nitrogens is 4. The summed E-state index contributed by atoms with van der Waals surface area (Å²) in [6.45, 7) is 7.87. The average Bonchev–Trinajstić information content (AvgIpc) is 3.18. The van der Waals surface area contributed by atoms with E-state index in [9.17, 15) is 0 Å². The summed E-state index contributed by atoms with van der Waals surface area (Å²) in [5, 5.41) is 10.0. The molecule has 0 spiro atoms. The molecule has 0 unspecified atom stereocenters. The minimum atomic E-state index is 0.333. The van der Waals surface area contributed by atoms with Crippen molar-refractivity contribution in [2.75, 3.05) is 37.8 Å². The van der Waals surface area contributed by atoms with E-state index < -0.39 is 0 Å². The van der Waals surface area contributed by atoms with Crippen molar-refractivity contribution in [3.63, 3.8) is 0 Å². The van der Waals surface area contributed by atoms with E-state index in [0.717, 1.165) is 41.5 Å². The molecule has 0 atom stereocenters. The monoisotopic (exact) mass is 471 g/mol. The van der Waals surface area contributed by atoms with Gasteiger partial charge in [0.25, 0.3) is 0 Å². The molecule has 0 aliphatic carbocycles. The molecule has 1 N–H and O–H groups in total. The first-order chi connectivity index (χ1) is 17.2. The fraction of sp³-hybridized carbons (Fsp3) is 0.346. The van der Waals surface area contributed by atoms with Gasteiger partial charge in [0.2, 0.25) is 0 Å².